The third kappa shape index (κ3) is 4.25. The molecule has 1 aromatic heterocycles. The first-order valence-corrected chi connectivity index (χ1v) is 12.8. The highest BCUT2D eigenvalue weighted by Crippen LogP contribution is 2.37. The van der Waals surface area contributed by atoms with Gasteiger partial charge in [-0.1, -0.05) is 41.4 Å². The smallest absolute Gasteiger partial charge is 0.236 e. The van der Waals surface area contributed by atoms with Gasteiger partial charge in [-0.05, 0) is 44.0 Å². The molecule has 0 spiro atoms. The van der Waals surface area contributed by atoms with Crippen LogP contribution in [0.15, 0.2) is 62.9 Å². The molecule has 1 amide bonds. The Morgan fingerprint density at radius 1 is 1.03 bits per heavy atom. The molecule has 7 nitrogen and oxygen atoms in total. The molecule has 1 aliphatic carbocycles. The number of halogens is 1. The van der Waals surface area contributed by atoms with Crippen molar-refractivity contribution in [3.8, 4) is 11.5 Å². The van der Waals surface area contributed by atoms with Crippen molar-refractivity contribution in [2.75, 3.05) is 31.1 Å². The summed E-state index contributed by atoms with van der Waals surface area (Å²) < 4.78 is 33.2. The third-order valence-corrected chi connectivity index (χ3v) is 8.07. The summed E-state index contributed by atoms with van der Waals surface area (Å²) in [4.78, 5) is 20.7. The number of aromatic nitrogens is 1. The number of benzene rings is 2. The van der Waals surface area contributed by atoms with Gasteiger partial charge in [0.2, 0.25) is 32.5 Å². The quantitative estimate of drug-likeness (QED) is 0.538. The van der Waals surface area contributed by atoms with Crippen LogP contribution in [-0.2, 0) is 14.6 Å². The van der Waals surface area contributed by atoms with E-state index in [0.717, 1.165) is 18.4 Å². The van der Waals surface area contributed by atoms with Crippen LogP contribution in [0.25, 0.3) is 11.5 Å². The first kappa shape index (κ1) is 22.0. The van der Waals surface area contributed by atoms with E-state index in [4.69, 9.17) is 16.0 Å². The van der Waals surface area contributed by atoms with Crippen LogP contribution in [0.3, 0.4) is 0 Å². The minimum Gasteiger partial charge on any atom is -0.419 e. The number of hydrogen-bond donors (Lipinski definition) is 0. The molecular weight excluding hydrogens is 462 g/mol. The number of amides is 1. The van der Waals surface area contributed by atoms with Crippen molar-refractivity contribution in [2.45, 2.75) is 29.7 Å². The molecule has 2 heterocycles. The predicted molar refractivity (Wildman–Crippen MR) is 125 cm³/mol. The Bertz CT molecular complexity index is 1290. The Morgan fingerprint density at radius 2 is 1.70 bits per heavy atom. The first-order chi connectivity index (χ1) is 15.8. The van der Waals surface area contributed by atoms with E-state index in [1.54, 1.807) is 48.5 Å². The lowest BCUT2D eigenvalue weighted by atomic mass is 10.2. The van der Waals surface area contributed by atoms with E-state index in [-0.39, 0.29) is 33.5 Å². The van der Waals surface area contributed by atoms with Gasteiger partial charge in [0.25, 0.3) is 0 Å². The molecule has 1 aliphatic heterocycles. The zero-order valence-electron chi connectivity index (χ0n) is 18.2. The minimum absolute atomic E-state index is 0.136. The van der Waals surface area contributed by atoms with Crippen molar-refractivity contribution in [2.24, 2.45) is 5.92 Å². The highest BCUT2D eigenvalue weighted by molar-refractivity contribution is 7.91. The second-order valence-corrected chi connectivity index (χ2v) is 10.8. The lowest BCUT2D eigenvalue weighted by Crippen LogP contribution is -2.49. The van der Waals surface area contributed by atoms with E-state index in [2.05, 4.69) is 4.98 Å². The van der Waals surface area contributed by atoms with Gasteiger partial charge in [0, 0.05) is 32.1 Å². The summed E-state index contributed by atoms with van der Waals surface area (Å²) in [5.74, 6) is 0.685. The largest absolute Gasteiger partial charge is 0.419 e. The van der Waals surface area contributed by atoms with Crippen LogP contribution >= 0.6 is 11.6 Å². The van der Waals surface area contributed by atoms with Crippen LogP contribution in [0.2, 0.25) is 5.02 Å². The van der Waals surface area contributed by atoms with Gasteiger partial charge in [-0.3, -0.25) is 4.79 Å². The lowest BCUT2D eigenvalue weighted by Gasteiger charge is -2.34. The van der Waals surface area contributed by atoms with Crippen molar-refractivity contribution >= 4 is 33.2 Å². The van der Waals surface area contributed by atoms with Crippen molar-refractivity contribution in [3.05, 3.63) is 59.1 Å². The van der Waals surface area contributed by atoms with Crippen LogP contribution in [0.5, 0.6) is 0 Å². The highest BCUT2D eigenvalue weighted by Gasteiger charge is 2.37. The van der Waals surface area contributed by atoms with E-state index in [1.807, 2.05) is 16.7 Å². The number of hydrogen-bond acceptors (Lipinski definition) is 6. The number of piperazine rings is 1. The maximum Gasteiger partial charge on any atom is 0.236 e. The number of anilines is 1. The van der Waals surface area contributed by atoms with Crippen molar-refractivity contribution < 1.29 is 17.6 Å². The Morgan fingerprint density at radius 3 is 2.33 bits per heavy atom. The molecule has 0 unspecified atom stereocenters. The summed E-state index contributed by atoms with van der Waals surface area (Å²) in [7, 11) is -3.94. The number of oxazole rings is 1. The van der Waals surface area contributed by atoms with E-state index < -0.39 is 9.84 Å². The van der Waals surface area contributed by atoms with Crippen LogP contribution in [0, 0.1) is 12.8 Å². The van der Waals surface area contributed by atoms with E-state index >= 15 is 0 Å². The molecular formula is C24H24ClN3O4S. The zero-order chi connectivity index (χ0) is 23.2. The van der Waals surface area contributed by atoms with Crippen LogP contribution in [0.4, 0.5) is 5.88 Å². The standard InChI is InChI=1S/C24H24ClN3O4S/c1-16-6-10-18(11-7-16)33(30,31)22-24(32-21(26-22)19-4-2-3-5-20(19)25)28-14-12-27(13-15-28)23(29)17-8-9-17/h2-7,10-11,17H,8-9,12-15H2,1H3. The summed E-state index contributed by atoms with van der Waals surface area (Å²) in [6.45, 7) is 3.86. The summed E-state index contributed by atoms with van der Waals surface area (Å²) in [6.07, 6.45) is 1.92. The number of carbonyl (C=O) groups excluding carboxylic acids is 1. The van der Waals surface area contributed by atoms with Gasteiger partial charge in [0.1, 0.15) is 0 Å². The number of rotatable bonds is 5. The number of carbonyl (C=O) groups is 1. The second kappa shape index (κ2) is 8.50. The third-order valence-electron chi connectivity index (χ3n) is 6.07. The van der Waals surface area contributed by atoms with Crippen LogP contribution in [-0.4, -0.2) is 50.4 Å². The van der Waals surface area contributed by atoms with Crippen LogP contribution in [0.1, 0.15) is 18.4 Å². The highest BCUT2D eigenvalue weighted by atomic mass is 35.5. The molecule has 0 radical (unpaired) electrons. The molecule has 9 heteroatoms. The molecule has 2 aliphatic rings. The number of aryl methyl sites for hydroxylation is 1. The predicted octanol–water partition coefficient (Wildman–Crippen LogP) is 4.19. The number of sulfone groups is 1. The van der Waals surface area contributed by atoms with Crippen molar-refractivity contribution in [1.29, 1.82) is 0 Å². The molecule has 2 fully saturated rings. The Balaban J connectivity index is 1.53. The number of nitrogens with zero attached hydrogens (tertiary/aromatic N) is 3. The van der Waals surface area contributed by atoms with Crippen molar-refractivity contribution in [3.63, 3.8) is 0 Å². The Labute approximate surface area is 197 Å². The summed E-state index contributed by atoms with van der Waals surface area (Å²) in [6, 6.07) is 13.7. The van der Waals surface area contributed by atoms with Gasteiger partial charge in [-0.15, -0.1) is 0 Å². The fourth-order valence-electron chi connectivity index (χ4n) is 3.97. The van der Waals surface area contributed by atoms with E-state index in [0.29, 0.717) is 36.8 Å². The normalized spacial score (nSPS) is 16.8. The van der Waals surface area contributed by atoms with Gasteiger partial charge in [0.15, 0.2) is 0 Å². The molecule has 0 bridgehead atoms. The maximum absolute atomic E-state index is 13.6. The van der Waals surface area contributed by atoms with Gasteiger partial charge in [-0.25, -0.2) is 8.42 Å². The summed E-state index contributed by atoms with van der Waals surface area (Å²) in [5, 5.41) is 0.285. The molecule has 172 valence electrons. The Hall–Kier alpha value is -2.84. The van der Waals surface area contributed by atoms with Gasteiger partial charge in [-0.2, -0.15) is 4.98 Å². The van der Waals surface area contributed by atoms with E-state index in [9.17, 15) is 13.2 Å². The molecule has 3 aromatic rings. The second-order valence-electron chi connectivity index (χ2n) is 8.51. The fraction of sp³-hybridized carbons (Fsp3) is 0.333. The molecule has 2 aromatic carbocycles. The zero-order valence-corrected chi connectivity index (χ0v) is 19.8. The topological polar surface area (TPSA) is 83.7 Å². The average Bonchev–Trinajstić information content (AvgIpc) is 3.57. The molecule has 1 saturated carbocycles. The monoisotopic (exact) mass is 485 g/mol. The summed E-state index contributed by atoms with van der Waals surface area (Å²) >= 11 is 6.34. The summed E-state index contributed by atoms with van der Waals surface area (Å²) in [5.41, 5.74) is 1.48. The van der Waals surface area contributed by atoms with Gasteiger partial charge in [0.05, 0.1) is 15.5 Å². The minimum atomic E-state index is -3.94. The Kier molecular flexibility index (Phi) is 5.66. The van der Waals surface area contributed by atoms with E-state index in [1.165, 1.54) is 0 Å². The first-order valence-electron chi connectivity index (χ1n) is 11.0. The molecule has 0 atom stereocenters. The van der Waals surface area contributed by atoms with Gasteiger partial charge >= 0.3 is 0 Å². The maximum atomic E-state index is 13.6. The SMILES string of the molecule is Cc1ccc(S(=O)(=O)c2nc(-c3ccccc3Cl)oc2N2CCN(C(=O)C3CC3)CC2)cc1. The van der Waals surface area contributed by atoms with Gasteiger partial charge < -0.3 is 14.2 Å². The average molecular weight is 486 g/mol. The fourth-order valence-corrected chi connectivity index (χ4v) is 5.51. The lowest BCUT2D eigenvalue weighted by molar-refractivity contribution is -0.132. The molecule has 0 N–H and O–H groups in total. The molecule has 1 saturated heterocycles. The molecule has 5 rings (SSSR count). The van der Waals surface area contributed by atoms with Crippen LogP contribution < -0.4 is 4.90 Å². The molecule has 33 heavy (non-hydrogen) atoms. The van der Waals surface area contributed by atoms with Crippen molar-refractivity contribution in [1.82, 2.24) is 9.88 Å².